The lowest BCUT2D eigenvalue weighted by molar-refractivity contribution is -0.132. The van der Waals surface area contributed by atoms with Crippen molar-refractivity contribution in [3.05, 3.63) is 28.2 Å². The highest BCUT2D eigenvalue weighted by molar-refractivity contribution is 8.00. The summed E-state index contributed by atoms with van der Waals surface area (Å²) in [5.74, 6) is 0.0814. The van der Waals surface area contributed by atoms with E-state index in [0.717, 1.165) is 4.90 Å². The highest BCUT2D eigenvalue weighted by atomic mass is 35.5. The van der Waals surface area contributed by atoms with Gasteiger partial charge in [-0.15, -0.1) is 11.8 Å². The van der Waals surface area contributed by atoms with Gasteiger partial charge in [0, 0.05) is 23.0 Å². The van der Waals surface area contributed by atoms with E-state index < -0.39 is 0 Å². The fraction of sp³-hybridized carbons (Fsp3) is 0.500. The second kappa shape index (κ2) is 7.03. The summed E-state index contributed by atoms with van der Waals surface area (Å²) in [6.07, 6.45) is 1.03. The first-order valence-corrected chi connectivity index (χ1v) is 8.19. The third kappa shape index (κ3) is 4.04. The maximum Gasteiger partial charge on any atom is 0.235 e. The molecular weight excluding hydrogens is 317 g/mol. The number of rotatable bonds is 3. The molecule has 1 saturated heterocycles. The van der Waals surface area contributed by atoms with E-state index in [-0.39, 0.29) is 17.3 Å². The molecule has 110 valence electrons. The molecule has 1 aliphatic heterocycles. The molecule has 2 rings (SSSR count). The topological polar surface area (TPSA) is 40.5 Å². The molecule has 20 heavy (non-hydrogen) atoms. The van der Waals surface area contributed by atoms with Crippen molar-refractivity contribution in [2.45, 2.75) is 36.0 Å². The predicted octanol–water partition coefficient (Wildman–Crippen LogP) is 3.46. The van der Waals surface area contributed by atoms with Crippen molar-refractivity contribution < 1.29 is 9.90 Å². The molecule has 1 amide bonds. The zero-order chi connectivity index (χ0) is 14.7. The van der Waals surface area contributed by atoms with Gasteiger partial charge < -0.3 is 10.0 Å². The molecule has 1 fully saturated rings. The van der Waals surface area contributed by atoms with Gasteiger partial charge in [0.25, 0.3) is 0 Å². The number of halogens is 2. The highest BCUT2D eigenvalue weighted by Gasteiger charge is 2.26. The summed E-state index contributed by atoms with van der Waals surface area (Å²) >= 11 is 13.5. The average molecular weight is 334 g/mol. The first-order valence-electron chi connectivity index (χ1n) is 6.56. The van der Waals surface area contributed by atoms with Crippen LogP contribution in [0.3, 0.4) is 0 Å². The Bertz CT molecular complexity index is 490. The molecule has 1 atom stereocenters. The Hall–Kier alpha value is -0.420. The van der Waals surface area contributed by atoms with Gasteiger partial charge in [-0.2, -0.15) is 0 Å². The first kappa shape index (κ1) is 16.0. The van der Waals surface area contributed by atoms with E-state index in [1.54, 1.807) is 18.2 Å². The molecule has 1 aromatic rings. The van der Waals surface area contributed by atoms with Gasteiger partial charge >= 0.3 is 0 Å². The zero-order valence-corrected chi connectivity index (χ0v) is 13.5. The van der Waals surface area contributed by atoms with Crippen LogP contribution in [-0.4, -0.2) is 40.4 Å². The van der Waals surface area contributed by atoms with Crippen LogP contribution in [0.1, 0.15) is 19.8 Å². The van der Waals surface area contributed by atoms with E-state index in [9.17, 15) is 9.90 Å². The molecule has 0 saturated carbocycles. The number of thioether (sulfide) groups is 1. The summed E-state index contributed by atoms with van der Waals surface area (Å²) in [5.41, 5.74) is 0. The lowest BCUT2D eigenvalue weighted by Gasteiger charge is -2.31. The molecule has 0 radical (unpaired) electrons. The van der Waals surface area contributed by atoms with E-state index in [4.69, 9.17) is 23.2 Å². The molecular formula is C14H17Cl2NO2S. The van der Waals surface area contributed by atoms with Gasteiger partial charge in [0.05, 0.1) is 16.4 Å². The quantitative estimate of drug-likeness (QED) is 0.861. The van der Waals surface area contributed by atoms with Crippen molar-refractivity contribution in [1.29, 1.82) is 0 Å². The number of likely N-dealkylation sites (tertiary alicyclic amines) is 1. The molecule has 3 nitrogen and oxygen atoms in total. The molecule has 1 aromatic carbocycles. The number of hydrogen-bond acceptors (Lipinski definition) is 3. The normalized spacial score (nSPS) is 18.1. The molecule has 1 N–H and O–H groups in total. The maximum absolute atomic E-state index is 12.4. The molecule has 6 heteroatoms. The molecule has 1 unspecified atom stereocenters. The van der Waals surface area contributed by atoms with Crippen LogP contribution in [0, 0.1) is 0 Å². The number of nitrogens with zero attached hydrogens (tertiary/aromatic N) is 1. The van der Waals surface area contributed by atoms with Crippen LogP contribution >= 0.6 is 35.0 Å². The van der Waals surface area contributed by atoms with Crippen LogP contribution in [0.15, 0.2) is 23.1 Å². The van der Waals surface area contributed by atoms with Crippen LogP contribution in [0.4, 0.5) is 0 Å². The SMILES string of the molecule is CC(Sc1cc(Cl)ccc1Cl)C(=O)N1CCC(O)CC1. The van der Waals surface area contributed by atoms with Crippen LogP contribution in [0.25, 0.3) is 0 Å². The minimum atomic E-state index is -0.274. The number of amides is 1. The van der Waals surface area contributed by atoms with Gasteiger partial charge in [0.1, 0.15) is 0 Å². The fourth-order valence-corrected chi connectivity index (χ4v) is 3.65. The number of aliphatic hydroxyl groups is 1. The lowest BCUT2D eigenvalue weighted by Crippen LogP contribution is -2.43. The van der Waals surface area contributed by atoms with E-state index in [0.29, 0.717) is 36.0 Å². The summed E-state index contributed by atoms with van der Waals surface area (Å²) in [6, 6.07) is 5.24. The molecule has 0 aliphatic carbocycles. The Labute approximate surface area is 133 Å². The lowest BCUT2D eigenvalue weighted by atomic mass is 10.1. The molecule has 1 aliphatic rings. The third-order valence-corrected chi connectivity index (χ3v) is 5.14. The van der Waals surface area contributed by atoms with Gasteiger partial charge in [-0.05, 0) is 38.0 Å². The maximum atomic E-state index is 12.4. The molecule has 0 bridgehead atoms. The standard InChI is InChI=1S/C14H17Cl2NO2S/c1-9(14(19)17-6-4-11(18)5-7-17)20-13-8-10(15)2-3-12(13)16/h2-3,8-9,11,18H,4-7H2,1H3. The van der Waals surface area contributed by atoms with Crippen molar-refractivity contribution in [3.8, 4) is 0 Å². The minimum absolute atomic E-state index is 0.0814. The predicted molar refractivity (Wildman–Crippen MR) is 83.6 cm³/mol. The largest absolute Gasteiger partial charge is 0.393 e. The first-order chi connectivity index (χ1) is 9.47. The molecule has 0 aromatic heterocycles. The van der Waals surface area contributed by atoms with Gasteiger partial charge in [0.2, 0.25) is 5.91 Å². The summed E-state index contributed by atoms with van der Waals surface area (Å²) in [6.45, 7) is 3.11. The minimum Gasteiger partial charge on any atom is -0.393 e. The summed E-state index contributed by atoms with van der Waals surface area (Å²) in [7, 11) is 0. The van der Waals surface area contributed by atoms with E-state index in [2.05, 4.69) is 0 Å². The number of piperidine rings is 1. The Morgan fingerprint density at radius 1 is 1.40 bits per heavy atom. The number of carbonyl (C=O) groups excluding carboxylic acids is 1. The Morgan fingerprint density at radius 3 is 2.70 bits per heavy atom. The van der Waals surface area contributed by atoms with E-state index >= 15 is 0 Å². The van der Waals surface area contributed by atoms with Crippen molar-refractivity contribution in [2.24, 2.45) is 0 Å². The van der Waals surface area contributed by atoms with Gasteiger partial charge in [-0.25, -0.2) is 0 Å². The smallest absolute Gasteiger partial charge is 0.235 e. The van der Waals surface area contributed by atoms with Crippen molar-refractivity contribution >= 4 is 40.9 Å². The van der Waals surface area contributed by atoms with Crippen molar-refractivity contribution in [2.75, 3.05) is 13.1 Å². The zero-order valence-electron chi connectivity index (χ0n) is 11.2. The van der Waals surface area contributed by atoms with Gasteiger partial charge in [-0.3, -0.25) is 4.79 Å². The monoisotopic (exact) mass is 333 g/mol. The summed E-state index contributed by atoms with van der Waals surface area (Å²) < 4.78 is 0. The number of hydrogen-bond donors (Lipinski definition) is 1. The summed E-state index contributed by atoms with van der Waals surface area (Å²) in [4.78, 5) is 15.0. The summed E-state index contributed by atoms with van der Waals surface area (Å²) in [5, 5.41) is 10.5. The van der Waals surface area contributed by atoms with Gasteiger partial charge in [-0.1, -0.05) is 23.2 Å². The highest BCUT2D eigenvalue weighted by Crippen LogP contribution is 2.33. The Morgan fingerprint density at radius 2 is 2.05 bits per heavy atom. The Kier molecular flexibility index (Phi) is 5.61. The van der Waals surface area contributed by atoms with Crippen LogP contribution in [0.5, 0.6) is 0 Å². The number of carbonyl (C=O) groups is 1. The number of benzene rings is 1. The fourth-order valence-electron chi connectivity index (χ4n) is 2.15. The Balaban J connectivity index is 1.98. The van der Waals surface area contributed by atoms with E-state index in [1.807, 2.05) is 11.8 Å². The third-order valence-electron chi connectivity index (χ3n) is 3.32. The van der Waals surface area contributed by atoms with Crippen LogP contribution in [0.2, 0.25) is 10.0 Å². The van der Waals surface area contributed by atoms with Gasteiger partial charge in [0.15, 0.2) is 0 Å². The van der Waals surface area contributed by atoms with Crippen molar-refractivity contribution in [3.63, 3.8) is 0 Å². The van der Waals surface area contributed by atoms with Crippen LogP contribution < -0.4 is 0 Å². The second-order valence-corrected chi connectivity index (χ2v) is 7.12. The second-order valence-electron chi connectivity index (χ2n) is 4.89. The van der Waals surface area contributed by atoms with E-state index in [1.165, 1.54) is 11.8 Å². The molecule has 0 spiro atoms. The average Bonchev–Trinajstić information content (AvgIpc) is 2.43. The molecule has 1 heterocycles. The number of aliphatic hydroxyl groups excluding tert-OH is 1. The van der Waals surface area contributed by atoms with Crippen molar-refractivity contribution in [1.82, 2.24) is 4.90 Å². The van der Waals surface area contributed by atoms with Crippen LogP contribution in [-0.2, 0) is 4.79 Å².